The molecule has 0 unspecified atom stereocenters. The van der Waals surface area contributed by atoms with E-state index in [2.05, 4.69) is 15.5 Å². The van der Waals surface area contributed by atoms with E-state index in [4.69, 9.17) is 4.42 Å². The van der Waals surface area contributed by atoms with Gasteiger partial charge in [-0.25, -0.2) is 4.79 Å². The molecule has 1 aliphatic heterocycles. The highest BCUT2D eigenvalue weighted by Gasteiger charge is 2.25. The van der Waals surface area contributed by atoms with Gasteiger partial charge in [-0.1, -0.05) is 30.3 Å². The lowest BCUT2D eigenvalue weighted by atomic mass is 9.95. The maximum Gasteiger partial charge on any atom is 0.336 e. The van der Waals surface area contributed by atoms with Crippen LogP contribution >= 0.6 is 0 Å². The highest BCUT2D eigenvalue weighted by molar-refractivity contribution is 5.92. The summed E-state index contributed by atoms with van der Waals surface area (Å²) in [5.41, 5.74) is 2.61. The Bertz CT molecular complexity index is 1160. The van der Waals surface area contributed by atoms with E-state index in [0.717, 1.165) is 42.4 Å². The van der Waals surface area contributed by atoms with Crippen molar-refractivity contribution < 1.29 is 14.0 Å². The summed E-state index contributed by atoms with van der Waals surface area (Å²) in [4.78, 5) is 38.2. The van der Waals surface area contributed by atoms with Crippen LogP contribution in [0.25, 0.3) is 11.0 Å². The Morgan fingerprint density at radius 1 is 1.06 bits per heavy atom. The van der Waals surface area contributed by atoms with Gasteiger partial charge in [0.15, 0.2) is 0 Å². The summed E-state index contributed by atoms with van der Waals surface area (Å²) in [6.45, 7) is 4.17. The number of hydrogen-bond acceptors (Lipinski definition) is 5. The molecule has 0 saturated carbocycles. The second-order valence-electron chi connectivity index (χ2n) is 8.24. The van der Waals surface area contributed by atoms with Crippen molar-refractivity contribution in [2.24, 2.45) is 5.92 Å². The van der Waals surface area contributed by atoms with Gasteiger partial charge in [0, 0.05) is 49.1 Å². The SMILES string of the molecule is CC(=O)Nc1ccc2c(CN3CCC(C(=O)NCc4ccccc4)CC3)cc(=O)oc2c1. The maximum atomic E-state index is 12.6. The number of nitrogens with one attached hydrogen (secondary N) is 2. The predicted octanol–water partition coefficient (Wildman–Crippen LogP) is 3.28. The molecule has 1 aromatic heterocycles. The maximum absolute atomic E-state index is 12.6. The van der Waals surface area contributed by atoms with Crippen molar-refractivity contribution in [1.29, 1.82) is 0 Å². The van der Waals surface area contributed by atoms with E-state index in [9.17, 15) is 14.4 Å². The minimum atomic E-state index is -0.414. The Morgan fingerprint density at radius 2 is 1.81 bits per heavy atom. The Kier molecular flexibility index (Phi) is 6.66. The standard InChI is InChI=1S/C25H27N3O4/c1-17(29)27-21-7-8-22-20(13-24(30)32-23(22)14-21)16-28-11-9-19(10-12-28)25(31)26-15-18-5-3-2-4-6-18/h2-8,13-14,19H,9-12,15-16H2,1H3,(H,26,31)(H,27,29). The van der Waals surface area contributed by atoms with Gasteiger partial charge in [0.1, 0.15) is 5.58 Å². The average molecular weight is 434 g/mol. The molecule has 4 rings (SSSR count). The molecule has 2 aromatic carbocycles. The van der Waals surface area contributed by atoms with Gasteiger partial charge in [0.2, 0.25) is 11.8 Å². The van der Waals surface area contributed by atoms with Gasteiger partial charge in [0.05, 0.1) is 0 Å². The third-order valence-corrected chi connectivity index (χ3v) is 5.81. The molecule has 1 saturated heterocycles. The molecule has 3 aromatic rings. The number of fused-ring (bicyclic) bond motifs is 1. The molecule has 2 heterocycles. The molecule has 2 amide bonds. The normalized spacial score (nSPS) is 14.9. The van der Waals surface area contributed by atoms with Crippen LogP contribution in [0.4, 0.5) is 5.69 Å². The van der Waals surface area contributed by atoms with E-state index in [-0.39, 0.29) is 17.7 Å². The molecule has 32 heavy (non-hydrogen) atoms. The lowest BCUT2D eigenvalue weighted by molar-refractivity contribution is -0.126. The monoisotopic (exact) mass is 433 g/mol. The van der Waals surface area contributed by atoms with Gasteiger partial charge in [-0.15, -0.1) is 0 Å². The number of carbonyl (C=O) groups excluding carboxylic acids is 2. The molecule has 0 bridgehead atoms. The molecular weight excluding hydrogens is 406 g/mol. The van der Waals surface area contributed by atoms with Crippen molar-refractivity contribution in [2.75, 3.05) is 18.4 Å². The number of likely N-dealkylation sites (tertiary alicyclic amines) is 1. The second-order valence-corrected chi connectivity index (χ2v) is 8.24. The summed E-state index contributed by atoms with van der Waals surface area (Å²) >= 11 is 0. The first-order valence-electron chi connectivity index (χ1n) is 10.9. The van der Waals surface area contributed by atoms with Crippen LogP contribution in [0.3, 0.4) is 0 Å². The third-order valence-electron chi connectivity index (χ3n) is 5.81. The Hall–Kier alpha value is -3.45. The third kappa shape index (κ3) is 5.42. The molecule has 7 nitrogen and oxygen atoms in total. The molecule has 0 radical (unpaired) electrons. The van der Waals surface area contributed by atoms with E-state index in [1.807, 2.05) is 36.4 Å². The van der Waals surface area contributed by atoms with Gasteiger partial charge in [-0.2, -0.15) is 0 Å². The molecule has 1 fully saturated rings. The fraction of sp³-hybridized carbons (Fsp3) is 0.320. The zero-order chi connectivity index (χ0) is 22.5. The Balaban J connectivity index is 1.37. The number of nitrogens with zero attached hydrogens (tertiary/aromatic N) is 1. The summed E-state index contributed by atoms with van der Waals surface area (Å²) in [7, 11) is 0. The van der Waals surface area contributed by atoms with Crippen LogP contribution in [-0.2, 0) is 22.7 Å². The predicted molar refractivity (Wildman–Crippen MR) is 123 cm³/mol. The van der Waals surface area contributed by atoms with Gasteiger partial charge in [-0.3, -0.25) is 14.5 Å². The first-order chi connectivity index (χ1) is 15.5. The van der Waals surface area contributed by atoms with Crippen molar-refractivity contribution in [3.63, 3.8) is 0 Å². The highest BCUT2D eigenvalue weighted by atomic mass is 16.4. The summed E-state index contributed by atoms with van der Waals surface area (Å²) in [5.74, 6) is -0.0731. The van der Waals surface area contributed by atoms with E-state index < -0.39 is 5.63 Å². The van der Waals surface area contributed by atoms with Crippen molar-refractivity contribution in [2.45, 2.75) is 32.9 Å². The molecule has 0 spiro atoms. The van der Waals surface area contributed by atoms with Crippen LogP contribution in [0.1, 0.15) is 30.9 Å². The zero-order valence-electron chi connectivity index (χ0n) is 18.1. The molecular formula is C25H27N3O4. The number of benzene rings is 2. The van der Waals surface area contributed by atoms with Gasteiger partial charge in [-0.05, 0) is 49.2 Å². The van der Waals surface area contributed by atoms with E-state index >= 15 is 0 Å². The summed E-state index contributed by atoms with van der Waals surface area (Å²) in [6, 6.07) is 16.8. The molecule has 7 heteroatoms. The largest absolute Gasteiger partial charge is 0.423 e. The average Bonchev–Trinajstić information content (AvgIpc) is 2.78. The molecule has 166 valence electrons. The molecule has 2 N–H and O–H groups in total. The fourth-order valence-corrected chi connectivity index (χ4v) is 4.17. The minimum absolute atomic E-state index is 0.00719. The molecule has 0 aliphatic carbocycles. The van der Waals surface area contributed by atoms with Crippen LogP contribution < -0.4 is 16.3 Å². The first kappa shape index (κ1) is 21.8. The lowest BCUT2D eigenvalue weighted by Crippen LogP contribution is -2.40. The van der Waals surface area contributed by atoms with Crippen LogP contribution in [0.2, 0.25) is 0 Å². The molecule has 0 atom stereocenters. The summed E-state index contributed by atoms with van der Waals surface area (Å²) in [6.07, 6.45) is 1.57. The number of piperidine rings is 1. The molecule has 1 aliphatic rings. The highest BCUT2D eigenvalue weighted by Crippen LogP contribution is 2.25. The van der Waals surface area contributed by atoms with Crippen molar-refractivity contribution >= 4 is 28.5 Å². The number of rotatable bonds is 6. The zero-order valence-corrected chi connectivity index (χ0v) is 18.1. The quantitative estimate of drug-likeness (QED) is 0.582. The smallest absolute Gasteiger partial charge is 0.336 e. The van der Waals surface area contributed by atoms with Crippen LogP contribution in [0, 0.1) is 5.92 Å². The van der Waals surface area contributed by atoms with Crippen LogP contribution in [0.15, 0.2) is 63.8 Å². The minimum Gasteiger partial charge on any atom is -0.423 e. The lowest BCUT2D eigenvalue weighted by Gasteiger charge is -2.31. The van der Waals surface area contributed by atoms with Crippen LogP contribution in [0.5, 0.6) is 0 Å². The summed E-state index contributed by atoms with van der Waals surface area (Å²) in [5, 5.41) is 6.60. The Labute approximate surface area is 186 Å². The number of carbonyl (C=O) groups is 2. The number of anilines is 1. The van der Waals surface area contributed by atoms with Gasteiger partial charge < -0.3 is 15.1 Å². The Morgan fingerprint density at radius 3 is 2.53 bits per heavy atom. The van der Waals surface area contributed by atoms with E-state index in [1.54, 1.807) is 12.1 Å². The van der Waals surface area contributed by atoms with Crippen molar-refractivity contribution in [3.8, 4) is 0 Å². The van der Waals surface area contributed by atoms with Crippen molar-refractivity contribution in [1.82, 2.24) is 10.2 Å². The van der Waals surface area contributed by atoms with Gasteiger partial charge in [0.25, 0.3) is 0 Å². The van der Waals surface area contributed by atoms with E-state index in [1.165, 1.54) is 13.0 Å². The second kappa shape index (κ2) is 9.78. The van der Waals surface area contributed by atoms with Crippen molar-refractivity contribution in [3.05, 3.63) is 76.1 Å². The number of amides is 2. The number of hydrogen-bond donors (Lipinski definition) is 2. The fourth-order valence-electron chi connectivity index (χ4n) is 4.17. The van der Waals surface area contributed by atoms with Gasteiger partial charge >= 0.3 is 5.63 Å². The first-order valence-corrected chi connectivity index (χ1v) is 10.9. The summed E-state index contributed by atoms with van der Waals surface area (Å²) < 4.78 is 5.35. The topological polar surface area (TPSA) is 91.7 Å². The van der Waals surface area contributed by atoms with E-state index in [0.29, 0.717) is 24.4 Å². The van der Waals surface area contributed by atoms with Crippen LogP contribution in [-0.4, -0.2) is 29.8 Å².